The van der Waals surface area contributed by atoms with Crippen molar-refractivity contribution in [2.24, 2.45) is 0 Å². The molecule has 3 rings (SSSR count). The molecule has 0 aliphatic heterocycles. The Labute approximate surface area is 151 Å². The fourth-order valence-corrected chi connectivity index (χ4v) is 2.65. The second kappa shape index (κ2) is 7.78. The quantitative estimate of drug-likeness (QED) is 0.379. The second-order valence-corrected chi connectivity index (χ2v) is 6.19. The van der Waals surface area contributed by atoms with Gasteiger partial charge < -0.3 is 9.73 Å². The molecule has 0 atom stereocenters. The van der Waals surface area contributed by atoms with Crippen LogP contribution >= 0.6 is 11.8 Å². The van der Waals surface area contributed by atoms with Crippen molar-refractivity contribution in [3.8, 4) is 0 Å². The van der Waals surface area contributed by atoms with Crippen molar-refractivity contribution in [3.05, 3.63) is 58.2 Å². The Bertz CT molecular complexity index is 938. The van der Waals surface area contributed by atoms with Gasteiger partial charge in [0, 0.05) is 24.0 Å². The average Bonchev–Trinajstić information content (AvgIpc) is 3.22. The standard InChI is InChI=1S/C15H14N6O4S/c1-10-5-6-20(19-10)8-14-17-18-15(25-14)26-9-13(22)16-11-3-2-4-12(7-11)21(23)24/h2-7H,8-9H2,1H3,(H,16,22). The van der Waals surface area contributed by atoms with E-state index in [2.05, 4.69) is 20.6 Å². The lowest BCUT2D eigenvalue weighted by molar-refractivity contribution is -0.384. The molecule has 0 bridgehead atoms. The Morgan fingerprint density at radius 2 is 2.23 bits per heavy atom. The summed E-state index contributed by atoms with van der Waals surface area (Å²) in [4.78, 5) is 22.2. The lowest BCUT2D eigenvalue weighted by Crippen LogP contribution is -2.14. The molecule has 134 valence electrons. The Kier molecular flexibility index (Phi) is 5.27. The first-order valence-electron chi connectivity index (χ1n) is 7.49. The zero-order chi connectivity index (χ0) is 18.5. The van der Waals surface area contributed by atoms with Crippen LogP contribution in [0.2, 0.25) is 0 Å². The topological polar surface area (TPSA) is 129 Å². The third-order valence-corrected chi connectivity index (χ3v) is 4.01. The van der Waals surface area contributed by atoms with Crippen molar-refractivity contribution in [2.75, 3.05) is 11.1 Å². The molecule has 10 nitrogen and oxygen atoms in total. The minimum atomic E-state index is -0.522. The Morgan fingerprint density at radius 3 is 2.96 bits per heavy atom. The smallest absolute Gasteiger partial charge is 0.277 e. The van der Waals surface area contributed by atoms with Crippen LogP contribution in [-0.2, 0) is 11.3 Å². The van der Waals surface area contributed by atoms with Gasteiger partial charge in [0.15, 0.2) is 0 Å². The summed E-state index contributed by atoms with van der Waals surface area (Å²) in [5.74, 6) is 0.0817. The number of nitrogens with zero attached hydrogens (tertiary/aromatic N) is 5. The molecule has 1 amide bonds. The fraction of sp³-hybridized carbons (Fsp3) is 0.200. The number of carbonyl (C=O) groups excluding carboxylic acids is 1. The van der Waals surface area contributed by atoms with Gasteiger partial charge in [0.05, 0.1) is 16.4 Å². The highest BCUT2D eigenvalue weighted by atomic mass is 32.2. The van der Waals surface area contributed by atoms with E-state index in [9.17, 15) is 14.9 Å². The van der Waals surface area contributed by atoms with E-state index in [4.69, 9.17) is 4.42 Å². The maximum atomic E-state index is 12.0. The van der Waals surface area contributed by atoms with Crippen LogP contribution in [-0.4, -0.2) is 36.6 Å². The van der Waals surface area contributed by atoms with Crippen LogP contribution in [0.25, 0.3) is 0 Å². The molecule has 0 aliphatic rings. The highest BCUT2D eigenvalue weighted by Gasteiger charge is 2.12. The van der Waals surface area contributed by atoms with E-state index < -0.39 is 4.92 Å². The number of benzene rings is 1. The maximum Gasteiger partial charge on any atom is 0.277 e. The molecule has 0 saturated heterocycles. The predicted octanol–water partition coefficient (Wildman–Crippen LogP) is 2.26. The fourth-order valence-electron chi connectivity index (χ4n) is 2.07. The minimum absolute atomic E-state index is 0.0329. The zero-order valence-electron chi connectivity index (χ0n) is 13.7. The second-order valence-electron chi connectivity index (χ2n) is 5.26. The molecule has 3 aromatic rings. The van der Waals surface area contributed by atoms with E-state index >= 15 is 0 Å². The van der Waals surface area contributed by atoms with Gasteiger partial charge in [0.1, 0.15) is 6.54 Å². The summed E-state index contributed by atoms with van der Waals surface area (Å²) in [5.41, 5.74) is 1.15. The van der Waals surface area contributed by atoms with Gasteiger partial charge in [0.25, 0.3) is 10.9 Å². The van der Waals surface area contributed by atoms with Crippen LogP contribution in [0, 0.1) is 17.0 Å². The first kappa shape index (κ1) is 17.6. The van der Waals surface area contributed by atoms with Gasteiger partial charge >= 0.3 is 0 Å². The van der Waals surface area contributed by atoms with Crippen LogP contribution in [0.15, 0.2) is 46.2 Å². The molecule has 0 spiro atoms. The van der Waals surface area contributed by atoms with Crippen molar-refractivity contribution < 1.29 is 14.1 Å². The van der Waals surface area contributed by atoms with E-state index in [1.807, 2.05) is 13.0 Å². The molecule has 1 N–H and O–H groups in total. The lowest BCUT2D eigenvalue weighted by Gasteiger charge is -2.03. The largest absolute Gasteiger partial charge is 0.414 e. The normalized spacial score (nSPS) is 10.7. The number of amides is 1. The molecule has 0 unspecified atom stereocenters. The number of anilines is 1. The molecule has 0 aliphatic carbocycles. The van der Waals surface area contributed by atoms with Gasteiger partial charge in [0.2, 0.25) is 11.8 Å². The molecule has 0 radical (unpaired) electrons. The molecular weight excluding hydrogens is 360 g/mol. The van der Waals surface area contributed by atoms with Gasteiger partial charge in [-0.1, -0.05) is 17.8 Å². The van der Waals surface area contributed by atoms with Gasteiger partial charge in [-0.15, -0.1) is 10.2 Å². The minimum Gasteiger partial charge on any atom is -0.414 e. The number of non-ortho nitro benzene ring substituents is 1. The third kappa shape index (κ3) is 4.66. The Balaban J connectivity index is 1.52. The molecule has 0 fully saturated rings. The Morgan fingerprint density at radius 1 is 1.38 bits per heavy atom. The van der Waals surface area contributed by atoms with Crippen LogP contribution in [0.4, 0.5) is 11.4 Å². The SMILES string of the molecule is Cc1ccn(Cc2nnc(SCC(=O)Nc3cccc([N+](=O)[O-])c3)o2)n1. The molecule has 0 saturated carbocycles. The summed E-state index contributed by atoms with van der Waals surface area (Å²) in [7, 11) is 0. The van der Waals surface area contributed by atoms with E-state index in [0.717, 1.165) is 17.5 Å². The van der Waals surface area contributed by atoms with Gasteiger partial charge in [-0.3, -0.25) is 19.6 Å². The van der Waals surface area contributed by atoms with Crippen LogP contribution in [0.5, 0.6) is 0 Å². The van der Waals surface area contributed by atoms with Gasteiger partial charge in [-0.2, -0.15) is 5.10 Å². The zero-order valence-corrected chi connectivity index (χ0v) is 14.5. The molecular formula is C15H14N6O4S. The van der Waals surface area contributed by atoms with E-state index in [-0.39, 0.29) is 22.6 Å². The average molecular weight is 374 g/mol. The first-order valence-corrected chi connectivity index (χ1v) is 8.48. The van der Waals surface area contributed by atoms with Crippen molar-refractivity contribution in [1.82, 2.24) is 20.0 Å². The molecule has 1 aromatic carbocycles. The van der Waals surface area contributed by atoms with Crippen LogP contribution in [0.1, 0.15) is 11.6 Å². The monoisotopic (exact) mass is 374 g/mol. The van der Waals surface area contributed by atoms with Crippen molar-refractivity contribution in [1.29, 1.82) is 0 Å². The number of carbonyl (C=O) groups is 1. The summed E-state index contributed by atoms with van der Waals surface area (Å²) < 4.78 is 7.13. The molecule has 2 aromatic heterocycles. The van der Waals surface area contributed by atoms with E-state index in [1.165, 1.54) is 18.2 Å². The summed E-state index contributed by atoms with van der Waals surface area (Å²) in [6, 6.07) is 7.59. The number of nitrogens with one attached hydrogen (secondary N) is 1. The van der Waals surface area contributed by atoms with E-state index in [0.29, 0.717) is 18.1 Å². The number of nitro groups is 1. The number of aryl methyl sites for hydroxylation is 1. The third-order valence-electron chi connectivity index (χ3n) is 3.19. The number of nitro benzene ring substituents is 1. The van der Waals surface area contributed by atoms with Crippen molar-refractivity contribution in [2.45, 2.75) is 18.7 Å². The number of aromatic nitrogens is 4. The number of hydrogen-bond acceptors (Lipinski definition) is 8. The van der Waals surface area contributed by atoms with Crippen LogP contribution in [0.3, 0.4) is 0 Å². The first-order chi connectivity index (χ1) is 12.5. The van der Waals surface area contributed by atoms with Crippen molar-refractivity contribution >= 4 is 29.0 Å². The summed E-state index contributed by atoms with van der Waals surface area (Å²) >= 11 is 1.08. The van der Waals surface area contributed by atoms with Gasteiger partial charge in [-0.05, 0) is 19.1 Å². The number of thioether (sulfide) groups is 1. The Hall–Kier alpha value is -3.21. The maximum absolute atomic E-state index is 12.0. The summed E-state index contributed by atoms with van der Waals surface area (Å²) in [5, 5.41) is 25.6. The number of rotatable bonds is 7. The number of hydrogen-bond donors (Lipinski definition) is 1. The van der Waals surface area contributed by atoms with E-state index in [1.54, 1.807) is 16.9 Å². The van der Waals surface area contributed by atoms with Gasteiger partial charge in [-0.25, -0.2) is 0 Å². The lowest BCUT2D eigenvalue weighted by atomic mass is 10.3. The van der Waals surface area contributed by atoms with Crippen LogP contribution < -0.4 is 5.32 Å². The predicted molar refractivity (Wildman–Crippen MR) is 92.8 cm³/mol. The molecule has 26 heavy (non-hydrogen) atoms. The highest BCUT2D eigenvalue weighted by Crippen LogP contribution is 2.19. The van der Waals surface area contributed by atoms with Crippen molar-refractivity contribution in [3.63, 3.8) is 0 Å². The highest BCUT2D eigenvalue weighted by molar-refractivity contribution is 7.99. The summed E-state index contributed by atoms with van der Waals surface area (Å²) in [6.07, 6.45) is 1.80. The molecule has 2 heterocycles. The summed E-state index contributed by atoms with van der Waals surface area (Å²) in [6.45, 7) is 2.23. The molecule has 11 heteroatoms.